The average molecular weight is 536 g/mol. The van der Waals surface area contributed by atoms with E-state index in [9.17, 15) is 0 Å². The van der Waals surface area contributed by atoms with Gasteiger partial charge >= 0.3 is 0 Å². The Morgan fingerprint density at radius 3 is 1.95 bits per heavy atom. The summed E-state index contributed by atoms with van der Waals surface area (Å²) in [4.78, 5) is 7.35. The summed E-state index contributed by atoms with van der Waals surface area (Å²) in [7, 11) is 0. The molecule has 0 saturated heterocycles. The topological polar surface area (TPSA) is 30.7 Å². The normalized spacial score (nSPS) is 12.5. The Hall–Kier alpha value is -1.98. The summed E-state index contributed by atoms with van der Waals surface area (Å²) in [5, 5.41) is 10.1. The summed E-state index contributed by atoms with van der Waals surface area (Å²) in [5.41, 5.74) is 4.54. The molecule has 0 aliphatic heterocycles. The lowest BCUT2D eigenvalue weighted by Gasteiger charge is -2.16. The van der Waals surface area contributed by atoms with Crippen molar-refractivity contribution in [2.75, 3.05) is 0 Å². The second-order valence-electron chi connectivity index (χ2n) is 10.7. The first-order valence-corrected chi connectivity index (χ1v) is 16.2. The summed E-state index contributed by atoms with van der Waals surface area (Å²) in [6.45, 7) is 9.87. The van der Waals surface area contributed by atoms with Crippen LogP contribution in [0.2, 0.25) is 0 Å². The van der Waals surface area contributed by atoms with Gasteiger partial charge in [-0.05, 0) is 62.4 Å². The number of hydrogen-bond donors (Lipinski definition) is 0. The average Bonchev–Trinajstić information content (AvgIpc) is 3.64. The van der Waals surface area contributed by atoms with Crippen molar-refractivity contribution in [3.05, 3.63) is 46.8 Å². The highest BCUT2D eigenvalue weighted by Gasteiger charge is 2.17. The molecule has 0 fully saturated rings. The van der Waals surface area contributed by atoms with Gasteiger partial charge in [-0.2, -0.15) is 15.0 Å². The Bertz CT molecular complexity index is 1230. The number of nitrogens with zero attached hydrogens (tertiary/aromatic N) is 3. The van der Waals surface area contributed by atoms with Gasteiger partial charge < -0.3 is 0 Å². The Balaban J connectivity index is 1.50. The lowest BCUT2D eigenvalue weighted by atomic mass is 9.94. The zero-order valence-electron chi connectivity index (χ0n) is 23.4. The van der Waals surface area contributed by atoms with Crippen molar-refractivity contribution in [3.63, 3.8) is 0 Å². The number of hydrogen-bond acceptors (Lipinski definition) is 4. The van der Waals surface area contributed by atoms with Crippen LogP contribution in [0.5, 0.6) is 0 Å². The SMILES string of the molecule is CCCCCCCCC(CCCCCC)Cn1nc2c(C)ccc(-c3ccc(-c4ccc(C)s4)s3)c2n1. The van der Waals surface area contributed by atoms with Crippen molar-refractivity contribution in [1.82, 2.24) is 15.0 Å². The molecular formula is C32H45N3S2. The molecule has 0 aliphatic rings. The highest BCUT2D eigenvalue weighted by atomic mass is 32.1. The highest BCUT2D eigenvalue weighted by molar-refractivity contribution is 7.23. The Labute approximate surface area is 232 Å². The van der Waals surface area contributed by atoms with E-state index >= 15 is 0 Å². The standard InChI is InChI=1S/C32H45N3S2/c1-5-7-9-11-12-14-16-26(15-13-10-8-6-2)23-35-33-31-24(3)17-19-27(32(31)34-35)28-21-22-30(37-28)29-20-18-25(4)36-29/h17-22,26H,5-16,23H2,1-4H3. The van der Waals surface area contributed by atoms with E-state index in [1.807, 2.05) is 27.5 Å². The summed E-state index contributed by atoms with van der Waals surface area (Å²) in [6.07, 6.45) is 16.1. The Kier molecular flexibility index (Phi) is 10.8. The van der Waals surface area contributed by atoms with E-state index < -0.39 is 0 Å². The van der Waals surface area contributed by atoms with Gasteiger partial charge in [0.15, 0.2) is 0 Å². The maximum absolute atomic E-state index is 5.10. The molecule has 5 heteroatoms. The fraction of sp³-hybridized carbons (Fsp3) is 0.562. The lowest BCUT2D eigenvalue weighted by Crippen LogP contribution is -2.13. The molecule has 1 unspecified atom stereocenters. The second-order valence-corrected chi connectivity index (χ2v) is 13.1. The third-order valence-electron chi connectivity index (χ3n) is 7.49. The zero-order valence-corrected chi connectivity index (χ0v) is 25.0. The van der Waals surface area contributed by atoms with Gasteiger partial charge in [-0.15, -0.1) is 22.7 Å². The number of benzene rings is 1. The van der Waals surface area contributed by atoms with Crippen LogP contribution >= 0.6 is 22.7 Å². The van der Waals surface area contributed by atoms with Crippen molar-refractivity contribution in [3.8, 4) is 20.2 Å². The monoisotopic (exact) mass is 535 g/mol. The number of unbranched alkanes of at least 4 members (excludes halogenated alkanes) is 8. The molecule has 3 aromatic heterocycles. The fourth-order valence-electron chi connectivity index (χ4n) is 5.25. The minimum Gasteiger partial charge on any atom is -0.183 e. The smallest absolute Gasteiger partial charge is 0.122 e. The van der Waals surface area contributed by atoms with Gasteiger partial charge in [-0.25, -0.2) is 0 Å². The van der Waals surface area contributed by atoms with Gasteiger partial charge in [0.2, 0.25) is 0 Å². The van der Waals surface area contributed by atoms with Crippen LogP contribution in [0.25, 0.3) is 31.2 Å². The number of aryl methyl sites for hydroxylation is 2. The first-order valence-electron chi connectivity index (χ1n) is 14.6. The molecule has 4 aromatic rings. The van der Waals surface area contributed by atoms with Crippen LogP contribution in [0, 0.1) is 19.8 Å². The molecule has 37 heavy (non-hydrogen) atoms. The molecule has 3 heterocycles. The molecule has 1 aromatic carbocycles. The summed E-state index contributed by atoms with van der Waals surface area (Å²) in [5.74, 6) is 0.670. The molecule has 0 saturated carbocycles. The van der Waals surface area contributed by atoms with Crippen molar-refractivity contribution in [1.29, 1.82) is 0 Å². The molecular weight excluding hydrogens is 491 g/mol. The van der Waals surface area contributed by atoms with Crippen molar-refractivity contribution >= 4 is 33.7 Å². The quantitative estimate of drug-likeness (QED) is 0.134. The number of fused-ring (bicyclic) bond motifs is 1. The zero-order chi connectivity index (χ0) is 26.0. The van der Waals surface area contributed by atoms with Gasteiger partial charge in [0.25, 0.3) is 0 Å². The molecule has 200 valence electrons. The number of rotatable bonds is 16. The highest BCUT2D eigenvalue weighted by Crippen LogP contribution is 2.39. The van der Waals surface area contributed by atoms with Gasteiger partial charge in [-0.1, -0.05) is 90.2 Å². The van der Waals surface area contributed by atoms with Crippen LogP contribution in [0.15, 0.2) is 36.4 Å². The van der Waals surface area contributed by atoms with Crippen LogP contribution in [0.3, 0.4) is 0 Å². The minimum atomic E-state index is 0.670. The maximum Gasteiger partial charge on any atom is 0.122 e. The predicted octanol–water partition coefficient (Wildman–Crippen LogP) is 10.8. The molecule has 1 atom stereocenters. The van der Waals surface area contributed by atoms with Gasteiger partial charge in [0, 0.05) is 25.1 Å². The van der Waals surface area contributed by atoms with Gasteiger partial charge in [0.05, 0.1) is 6.54 Å². The van der Waals surface area contributed by atoms with Crippen molar-refractivity contribution in [2.45, 2.75) is 111 Å². The van der Waals surface area contributed by atoms with E-state index in [0.29, 0.717) is 5.92 Å². The molecule has 3 nitrogen and oxygen atoms in total. The van der Waals surface area contributed by atoms with E-state index in [4.69, 9.17) is 10.2 Å². The van der Waals surface area contributed by atoms with Crippen molar-refractivity contribution in [2.24, 2.45) is 5.92 Å². The maximum atomic E-state index is 5.10. The van der Waals surface area contributed by atoms with Crippen LogP contribution in [0.1, 0.15) is 101 Å². The summed E-state index contributed by atoms with van der Waals surface area (Å²) in [6, 6.07) is 13.4. The van der Waals surface area contributed by atoms with Crippen LogP contribution < -0.4 is 0 Å². The van der Waals surface area contributed by atoms with E-state index in [2.05, 4.69) is 64.1 Å². The fourth-order valence-corrected chi connectivity index (χ4v) is 7.24. The predicted molar refractivity (Wildman–Crippen MR) is 164 cm³/mol. The number of aromatic nitrogens is 3. The Morgan fingerprint density at radius 1 is 0.649 bits per heavy atom. The van der Waals surface area contributed by atoms with Crippen molar-refractivity contribution < 1.29 is 0 Å². The molecule has 0 N–H and O–H groups in total. The van der Waals surface area contributed by atoms with E-state index in [1.54, 1.807) is 0 Å². The van der Waals surface area contributed by atoms with Crippen LogP contribution in [-0.4, -0.2) is 15.0 Å². The van der Waals surface area contributed by atoms with Gasteiger partial charge in [-0.3, -0.25) is 0 Å². The summed E-state index contributed by atoms with van der Waals surface area (Å²) >= 11 is 3.73. The molecule has 0 radical (unpaired) electrons. The molecule has 0 aliphatic carbocycles. The van der Waals surface area contributed by atoms with Crippen LogP contribution in [0.4, 0.5) is 0 Å². The molecule has 0 amide bonds. The lowest BCUT2D eigenvalue weighted by molar-refractivity contribution is 0.327. The largest absolute Gasteiger partial charge is 0.183 e. The number of thiophene rings is 2. The summed E-state index contributed by atoms with van der Waals surface area (Å²) < 4.78 is 0. The first-order chi connectivity index (χ1) is 18.1. The first kappa shape index (κ1) is 28.0. The third kappa shape index (κ3) is 7.77. The second kappa shape index (κ2) is 14.2. The van der Waals surface area contributed by atoms with Crippen LogP contribution in [-0.2, 0) is 6.54 Å². The minimum absolute atomic E-state index is 0.670. The molecule has 0 bridgehead atoms. The van der Waals surface area contributed by atoms with E-state index in [0.717, 1.165) is 17.6 Å². The molecule has 0 spiro atoms. The molecule has 4 rings (SSSR count). The third-order valence-corrected chi connectivity index (χ3v) is 9.81. The van der Waals surface area contributed by atoms with Gasteiger partial charge in [0.1, 0.15) is 11.0 Å². The van der Waals surface area contributed by atoms with E-state index in [-0.39, 0.29) is 0 Å². The van der Waals surface area contributed by atoms with E-state index in [1.165, 1.54) is 108 Å². The Morgan fingerprint density at radius 2 is 1.24 bits per heavy atom.